The van der Waals surface area contributed by atoms with E-state index in [1.807, 2.05) is 12.1 Å². The summed E-state index contributed by atoms with van der Waals surface area (Å²) in [6.45, 7) is 8.88. The van der Waals surface area contributed by atoms with Crippen LogP contribution in [0, 0.1) is 5.82 Å². The molecule has 35 heavy (non-hydrogen) atoms. The number of fused-ring (bicyclic) bond motifs is 1. The van der Waals surface area contributed by atoms with Crippen LogP contribution in [0.5, 0.6) is 5.75 Å². The quantitative estimate of drug-likeness (QED) is 0.529. The van der Waals surface area contributed by atoms with E-state index in [1.54, 1.807) is 19.2 Å². The number of amides is 1. The largest absolute Gasteiger partial charge is 0.496 e. The van der Waals surface area contributed by atoms with Crippen molar-refractivity contribution in [2.24, 2.45) is 5.73 Å². The van der Waals surface area contributed by atoms with E-state index >= 15 is 0 Å². The molecule has 0 radical (unpaired) electrons. The van der Waals surface area contributed by atoms with Crippen LogP contribution in [0.1, 0.15) is 26.3 Å². The van der Waals surface area contributed by atoms with Crippen molar-refractivity contribution in [1.82, 2.24) is 19.8 Å². The van der Waals surface area contributed by atoms with E-state index in [0.29, 0.717) is 42.1 Å². The summed E-state index contributed by atoms with van der Waals surface area (Å²) >= 11 is 5.94. The lowest BCUT2D eigenvalue weighted by molar-refractivity contribution is -0.127. The molecule has 2 aromatic carbocycles. The Balaban J connectivity index is 1.69. The molecule has 4 rings (SSSR count). The maximum Gasteiger partial charge on any atom is 0.236 e. The topological polar surface area (TPSA) is 96.6 Å². The normalized spacial score (nSPS) is 17.5. The number of methoxy groups -OCH3 is 1. The molecule has 1 amide bonds. The van der Waals surface area contributed by atoms with E-state index < -0.39 is 11.9 Å². The first-order valence-electron chi connectivity index (χ1n) is 11.4. The van der Waals surface area contributed by atoms with Gasteiger partial charge in [-0.25, -0.2) is 14.4 Å². The van der Waals surface area contributed by atoms with Crippen LogP contribution in [0.4, 0.5) is 15.9 Å². The summed E-state index contributed by atoms with van der Waals surface area (Å²) in [5.74, 6) is 0.151. The summed E-state index contributed by atoms with van der Waals surface area (Å²) in [7, 11) is 1.59. The summed E-state index contributed by atoms with van der Waals surface area (Å²) in [6, 6.07) is 8.02. The van der Waals surface area contributed by atoms with E-state index in [2.05, 4.69) is 45.9 Å². The number of rotatable bonds is 6. The second-order valence-electron chi connectivity index (χ2n) is 9.64. The first-order valence-corrected chi connectivity index (χ1v) is 11.8. The maximum atomic E-state index is 14.5. The molecule has 1 atom stereocenters. The molecule has 8 nitrogen and oxygen atoms in total. The molecule has 1 aliphatic rings. The number of nitrogens with two attached hydrogens (primary N) is 1. The third-order valence-corrected chi connectivity index (χ3v) is 6.68. The molecule has 0 aliphatic carbocycles. The van der Waals surface area contributed by atoms with Gasteiger partial charge in [-0.05, 0) is 39.0 Å². The van der Waals surface area contributed by atoms with Crippen molar-refractivity contribution >= 4 is 39.9 Å². The van der Waals surface area contributed by atoms with Crippen LogP contribution in [0.3, 0.4) is 0 Å². The third kappa shape index (κ3) is 5.32. The van der Waals surface area contributed by atoms with E-state index in [4.69, 9.17) is 22.1 Å². The van der Waals surface area contributed by atoms with Crippen LogP contribution in [0.25, 0.3) is 10.9 Å². The Morgan fingerprint density at radius 1 is 1.29 bits per heavy atom. The first kappa shape index (κ1) is 25.1. The molecule has 1 unspecified atom stereocenters. The van der Waals surface area contributed by atoms with Crippen LogP contribution in [0.15, 0.2) is 36.7 Å². The zero-order valence-corrected chi connectivity index (χ0v) is 21.1. The number of piperazine rings is 1. The van der Waals surface area contributed by atoms with Gasteiger partial charge in [0.05, 0.1) is 23.3 Å². The molecule has 0 saturated carbocycles. The van der Waals surface area contributed by atoms with E-state index in [9.17, 15) is 9.18 Å². The predicted octanol–water partition coefficient (Wildman–Crippen LogP) is 3.94. The number of ether oxygens (including phenoxy) is 1. The lowest BCUT2D eigenvalue weighted by Gasteiger charge is -2.45. The summed E-state index contributed by atoms with van der Waals surface area (Å²) in [5.41, 5.74) is 7.43. The number of carbonyl (C=O) groups is 1. The van der Waals surface area contributed by atoms with E-state index in [1.165, 1.54) is 12.4 Å². The van der Waals surface area contributed by atoms with Crippen LogP contribution in [0.2, 0.25) is 5.02 Å². The number of benzene rings is 2. The Labute approximate surface area is 209 Å². The van der Waals surface area contributed by atoms with Crippen LogP contribution < -0.4 is 15.8 Å². The second-order valence-corrected chi connectivity index (χ2v) is 10.0. The average molecular weight is 501 g/mol. The molecule has 3 N–H and O–H groups in total. The number of halogens is 2. The number of hydrogen-bond acceptors (Lipinski definition) is 7. The Kier molecular flexibility index (Phi) is 7.12. The number of carbonyl (C=O) groups excluding carboxylic acids is 1. The lowest BCUT2D eigenvalue weighted by atomic mass is 10.0. The van der Waals surface area contributed by atoms with Crippen molar-refractivity contribution in [2.75, 3.05) is 32.1 Å². The van der Waals surface area contributed by atoms with E-state index in [0.717, 1.165) is 12.1 Å². The van der Waals surface area contributed by atoms with Crippen molar-refractivity contribution in [3.63, 3.8) is 0 Å². The minimum atomic E-state index is -0.560. The molecule has 1 aliphatic heterocycles. The average Bonchev–Trinajstić information content (AvgIpc) is 2.81. The Morgan fingerprint density at radius 2 is 2.06 bits per heavy atom. The van der Waals surface area contributed by atoms with Gasteiger partial charge >= 0.3 is 0 Å². The van der Waals surface area contributed by atoms with Crippen molar-refractivity contribution in [3.8, 4) is 5.75 Å². The molecule has 3 aromatic rings. The monoisotopic (exact) mass is 500 g/mol. The first-order chi connectivity index (χ1) is 16.6. The molecular formula is C25H30ClFN6O2. The summed E-state index contributed by atoms with van der Waals surface area (Å²) < 4.78 is 20.2. The van der Waals surface area contributed by atoms with Gasteiger partial charge in [0.1, 0.15) is 23.9 Å². The molecule has 1 aromatic heterocycles. The smallest absolute Gasteiger partial charge is 0.236 e. The Morgan fingerprint density at radius 3 is 2.74 bits per heavy atom. The maximum absolute atomic E-state index is 14.5. The van der Waals surface area contributed by atoms with Crippen LogP contribution >= 0.6 is 11.6 Å². The fourth-order valence-corrected chi connectivity index (χ4v) is 4.55. The van der Waals surface area contributed by atoms with Gasteiger partial charge in [0.25, 0.3) is 0 Å². The third-order valence-electron chi connectivity index (χ3n) is 6.38. The minimum Gasteiger partial charge on any atom is -0.496 e. The molecule has 0 spiro atoms. The number of nitrogens with one attached hydrogen (secondary N) is 1. The minimum absolute atomic E-state index is 0.0163. The van der Waals surface area contributed by atoms with Crippen molar-refractivity contribution in [3.05, 3.63) is 53.1 Å². The second kappa shape index (κ2) is 9.93. The van der Waals surface area contributed by atoms with Crippen LogP contribution in [-0.2, 0) is 11.3 Å². The molecule has 1 saturated heterocycles. The highest BCUT2D eigenvalue weighted by molar-refractivity contribution is 6.31. The van der Waals surface area contributed by atoms with Gasteiger partial charge in [0, 0.05) is 48.7 Å². The number of nitrogens with zero attached hydrogens (tertiary/aromatic N) is 4. The molecule has 186 valence electrons. The van der Waals surface area contributed by atoms with Gasteiger partial charge in [-0.3, -0.25) is 14.6 Å². The van der Waals surface area contributed by atoms with Gasteiger partial charge in [-0.2, -0.15) is 0 Å². The highest BCUT2D eigenvalue weighted by Gasteiger charge is 2.35. The molecule has 0 bridgehead atoms. The summed E-state index contributed by atoms with van der Waals surface area (Å²) in [6.07, 6.45) is 1.40. The van der Waals surface area contributed by atoms with Gasteiger partial charge in [0.2, 0.25) is 5.91 Å². The fraction of sp³-hybridized carbons (Fsp3) is 0.400. The fourth-order valence-electron chi connectivity index (χ4n) is 4.38. The molecule has 1 fully saturated rings. The Bertz CT molecular complexity index is 1250. The van der Waals surface area contributed by atoms with Gasteiger partial charge in [-0.1, -0.05) is 17.7 Å². The number of anilines is 2. The molecule has 2 heterocycles. The van der Waals surface area contributed by atoms with Crippen molar-refractivity contribution in [2.45, 2.75) is 38.9 Å². The number of hydrogen-bond donors (Lipinski definition) is 2. The summed E-state index contributed by atoms with van der Waals surface area (Å²) in [5, 5.41) is 3.73. The molecular weight excluding hydrogens is 471 g/mol. The lowest BCUT2D eigenvalue weighted by Crippen LogP contribution is -2.61. The number of aromatic nitrogens is 2. The Hall–Kier alpha value is -3.01. The van der Waals surface area contributed by atoms with Gasteiger partial charge < -0.3 is 15.8 Å². The standard InChI is InChI=1S/C25H30ClFN6O2/c1-25(2,3)33-9-8-32(20(13-33)23(28)34)12-15-10-16-19(11-21(15)35-4)29-14-30-24(16)31-18-7-5-6-17(26)22(18)27/h5-7,10-11,14,20H,8-9,12-13H2,1-4H3,(H2,28,34)(H,29,30,31). The zero-order chi connectivity index (χ0) is 25.3. The van der Waals surface area contributed by atoms with Crippen LogP contribution in [-0.4, -0.2) is 64.0 Å². The van der Waals surface area contributed by atoms with Gasteiger partial charge in [0.15, 0.2) is 5.82 Å². The predicted molar refractivity (Wildman–Crippen MR) is 136 cm³/mol. The van der Waals surface area contributed by atoms with Crippen molar-refractivity contribution < 1.29 is 13.9 Å². The van der Waals surface area contributed by atoms with Gasteiger partial charge in [-0.15, -0.1) is 0 Å². The zero-order valence-electron chi connectivity index (χ0n) is 20.3. The number of primary amides is 1. The highest BCUT2D eigenvalue weighted by Crippen LogP contribution is 2.33. The highest BCUT2D eigenvalue weighted by atomic mass is 35.5. The molecule has 10 heteroatoms. The summed E-state index contributed by atoms with van der Waals surface area (Å²) in [4.78, 5) is 25.4. The SMILES string of the molecule is COc1cc2ncnc(Nc3cccc(Cl)c3F)c2cc1CN1CCN(C(C)(C)C)CC1C(N)=O. The van der Waals surface area contributed by atoms with Crippen molar-refractivity contribution in [1.29, 1.82) is 0 Å². The van der Waals surface area contributed by atoms with E-state index in [-0.39, 0.29) is 22.2 Å².